The highest BCUT2D eigenvalue weighted by Gasteiger charge is 2.54. The molecule has 1 N–H and O–H groups in total. The van der Waals surface area contributed by atoms with E-state index in [4.69, 9.17) is 23.7 Å². The summed E-state index contributed by atoms with van der Waals surface area (Å²) in [5.74, 6) is -2.57. The third-order valence-corrected chi connectivity index (χ3v) is 5.17. The largest absolute Gasteiger partial charge is 0.462 e. The van der Waals surface area contributed by atoms with Gasteiger partial charge in [-0.05, 0) is 83.1 Å². The van der Waals surface area contributed by atoms with Crippen LogP contribution in [0.4, 0.5) is 0 Å². The Morgan fingerprint density at radius 3 is 1.28 bits per heavy atom. The van der Waals surface area contributed by atoms with Gasteiger partial charge >= 0.3 is 23.9 Å². The summed E-state index contributed by atoms with van der Waals surface area (Å²) in [6.45, 7) is 19.2. The van der Waals surface area contributed by atoms with Crippen LogP contribution in [-0.2, 0) is 42.9 Å². The Balaban J connectivity index is 3.50. The standard InChI is InChI=1S/C26H44O10/c1-23(2,3)19(28)32-13-14-15(34-20(29)24(4,5)6)16(35-21(30)25(7,8)9)17(18(27)33-14)36-22(31)26(10,11)12/h14-18,27H,13H2,1-12H3/t14-,15+,16-,17+,18-/m0/s1. The van der Waals surface area contributed by atoms with Crippen molar-refractivity contribution in [3.8, 4) is 0 Å². The fourth-order valence-corrected chi connectivity index (χ4v) is 2.71. The lowest BCUT2D eigenvalue weighted by Gasteiger charge is -2.44. The molecular formula is C26H44O10. The normalized spacial score (nSPS) is 25.5. The number of ether oxygens (including phenoxy) is 5. The summed E-state index contributed by atoms with van der Waals surface area (Å²) in [6.07, 6.45) is -7.25. The predicted octanol–water partition coefficient (Wildman–Crippen LogP) is 3.17. The van der Waals surface area contributed by atoms with Gasteiger partial charge in [-0.15, -0.1) is 0 Å². The van der Waals surface area contributed by atoms with Gasteiger partial charge in [-0.2, -0.15) is 0 Å². The van der Waals surface area contributed by atoms with Crippen molar-refractivity contribution in [2.45, 2.75) is 114 Å². The van der Waals surface area contributed by atoms with Gasteiger partial charge in [-0.25, -0.2) is 0 Å². The summed E-state index contributed by atoms with van der Waals surface area (Å²) in [6, 6.07) is 0. The van der Waals surface area contributed by atoms with Gasteiger partial charge < -0.3 is 28.8 Å². The van der Waals surface area contributed by atoms with Gasteiger partial charge in [0, 0.05) is 0 Å². The van der Waals surface area contributed by atoms with Crippen molar-refractivity contribution in [1.82, 2.24) is 0 Å². The SMILES string of the molecule is CC(C)(C)C(=O)OC[C@@H]1O[C@H](O)[C@H](OC(=O)C(C)(C)C)[C@@H](OC(=O)C(C)(C)C)[C@@H]1OC(=O)C(C)(C)C. The quantitative estimate of drug-likeness (QED) is 0.429. The number of aliphatic hydroxyl groups excluding tert-OH is 1. The molecule has 1 aliphatic rings. The molecule has 208 valence electrons. The molecule has 0 saturated carbocycles. The van der Waals surface area contributed by atoms with E-state index in [1.165, 1.54) is 0 Å². The van der Waals surface area contributed by atoms with Crippen LogP contribution in [0.3, 0.4) is 0 Å². The van der Waals surface area contributed by atoms with Crippen molar-refractivity contribution in [2.75, 3.05) is 6.61 Å². The van der Waals surface area contributed by atoms with Crippen LogP contribution >= 0.6 is 0 Å². The molecule has 0 aromatic carbocycles. The number of aliphatic hydroxyl groups is 1. The van der Waals surface area contributed by atoms with E-state index in [1.54, 1.807) is 83.1 Å². The zero-order chi connectivity index (χ0) is 28.4. The summed E-state index contributed by atoms with van der Waals surface area (Å²) >= 11 is 0. The van der Waals surface area contributed by atoms with E-state index in [9.17, 15) is 24.3 Å². The van der Waals surface area contributed by atoms with E-state index in [0.717, 1.165) is 0 Å². The van der Waals surface area contributed by atoms with E-state index in [0.29, 0.717) is 0 Å². The van der Waals surface area contributed by atoms with Crippen molar-refractivity contribution in [2.24, 2.45) is 21.7 Å². The Bertz CT molecular complexity index is 820. The monoisotopic (exact) mass is 516 g/mol. The van der Waals surface area contributed by atoms with Crippen molar-refractivity contribution in [3.63, 3.8) is 0 Å². The van der Waals surface area contributed by atoms with E-state index in [-0.39, 0.29) is 0 Å². The molecule has 0 aromatic heterocycles. The molecule has 1 fully saturated rings. The summed E-state index contributed by atoms with van der Waals surface area (Å²) in [5.41, 5.74) is -3.68. The highest BCUT2D eigenvalue weighted by atomic mass is 16.7. The molecule has 10 heteroatoms. The lowest BCUT2D eigenvalue weighted by Crippen LogP contribution is -2.63. The average molecular weight is 517 g/mol. The molecule has 1 rings (SSSR count). The zero-order valence-electron chi connectivity index (χ0n) is 23.7. The Hall–Kier alpha value is -2.20. The maximum Gasteiger partial charge on any atom is 0.311 e. The first kappa shape index (κ1) is 31.8. The average Bonchev–Trinajstić information content (AvgIpc) is 2.67. The van der Waals surface area contributed by atoms with Crippen molar-refractivity contribution in [3.05, 3.63) is 0 Å². The summed E-state index contributed by atoms with van der Waals surface area (Å²) in [5, 5.41) is 10.8. The molecule has 0 unspecified atom stereocenters. The smallest absolute Gasteiger partial charge is 0.311 e. The first-order chi connectivity index (χ1) is 16.0. The number of carbonyl (C=O) groups is 4. The first-order valence-corrected chi connectivity index (χ1v) is 12.1. The van der Waals surface area contributed by atoms with Crippen LogP contribution in [0.25, 0.3) is 0 Å². The van der Waals surface area contributed by atoms with E-state index >= 15 is 0 Å². The summed E-state index contributed by atoms with van der Waals surface area (Å²) < 4.78 is 28.0. The van der Waals surface area contributed by atoms with Gasteiger partial charge in [0.1, 0.15) is 12.7 Å². The number of hydrogen-bond donors (Lipinski definition) is 1. The highest BCUT2D eigenvalue weighted by molar-refractivity contribution is 5.78. The Labute approximate surface area is 214 Å². The molecule has 0 aromatic rings. The second kappa shape index (κ2) is 11.0. The van der Waals surface area contributed by atoms with Gasteiger partial charge in [-0.1, -0.05) is 0 Å². The third-order valence-electron chi connectivity index (χ3n) is 5.17. The topological polar surface area (TPSA) is 135 Å². The third kappa shape index (κ3) is 8.73. The summed E-state index contributed by atoms with van der Waals surface area (Å²) in [4.78, 5) is 50.8. The van der Waals surface area contributed by atoms with Gasteiger partial charge in [0.25, 0.3) is 0 Å². The Morgan fingerprint density at radius 1 is 0.583 bits per heavy atom. The molecule has 0 radical (unpaired) electrons. The van der Waals surface area contributed by atoms with E-state index in [2.05, 4.69) is 0 Å². The molecular weight excluding hydrogens is 472 g/mol. The molecule has 10 nitrogen and oxygen atoms in total. The van der Waals surface area contributed by atoms with E-state index in [1.807, 2.05) is 0 Å². The molecule has 0 amide bonds. The molecule has 1 heterocycles. The fraction of sp³-hybridized carbons (Fsp3) is 0.846. The van der Waals surface area contributed by atoms with Crippen LogP contribution in [0.2, 0.25) is 0 Å². The van der Waals surface area contributed by atoms with Crippen molar-refractivity contribution >= 4 is 23.9 Å². The summed E-state index contributed by atoms with van der Waals surface area (Å²) in [7, 11) is 0. The number of esters is 4. The number of hydrogen-bond acceptors (Lipinski definition) is 10. The van der Waals surface area contributed by atoms with E-state index < -0.39 is 82.8 Å². The molecule has 5 atom stereocenters. The second-order valence-electron chi connectivity index (χ2n) is 13.3. The van der Waals surface area contributed by atoms with Gasteiger partial charge in [0.2, 0.25) is 0 Å². The van der Waals surface area contributed by atoms with Crippen LogP contribution in [0.5, 0.6) is 0 Å². The fourth-order valence-electron chi connectivity index (χ4n) is 2.71. The number of rotatable bonds is 5. The molecule has 0 aliphatic carbocycles. The highest BCUT2D eigenvalue weighted by Crippen LogP contribution is 2.33. The molecule has 1 saturated heterocycles. The second-order valence-corrected chi connectivity index (χ2v) is 13.3. The van der Waals surface area contributed by atoms with Crippen LogP contribution < -0.4 is 0 Å². The predicted molar refractivity (Wildman–Crippen MR) is 129 cm³/mol. The lowest BCUT2D eigenvalue weighted by atomic mass is 9.93. The maximum atomic E-state index is 12.9. The van der Waals surface area contributed by atoms with Gasteiger partial charge in [-0.3, -0.25) is 19.2 Å². The number of carbonyl (C=O) groups excluding carboxylic acids is 4. The van der Waals surface area contributed by atoms with Crippen molar-refractivity contribution in [1.29, 1.82) is 0 Å². The lowest BCUT2D eigenvalue weighted by molar-refractivity contribution is -0.300. The van der Waals surface area contributed by atoms with Crippen LogP contribution in [0, 0.1) is 21.7 Å². The molecule has 0 spiro atoms. The van der Waals surface area contributed by atoms with Crippen LogP contribution in [-0.4, -0.2) is 66.3 Å². The van der Waals surface area contributed by atoms with Crippen LogP contribution in [0.15, 0.2) is 0 Å². The minimum absolute atomic E-state index is 0.404. The first-order valence-electron chi connectivity index (χ1n) is 12.1. The maximum absolute atomic E-state index is 12.9. The molecule has 1 aliphatic heterocycles. The molecule has 0 bridgehead atoms. The Kier molecular flexibility index (Phi) is 9.77. The Morgan fingerprint density at radius 2 is 0.917 bits per heavy atom. The van der Waals surface area contributed by atoms with Crippen LogP contribution in [0.1, 0.15) is 83.1 Å². The minimum Gasteiger partial charge on any atom is -0.462 e. The van der Waals surface area contributed by atoms with Crippen molar-refractivity contribution < 1.29 is 48.0 Å². The van der Waals surface area contributed by atoms with Gasteiger partial charge in [0.15, 0.2) is 24.6 Å². The van der Waals surface area contributed by atoms with Gasteiger partial charge in [0.05, 0.1) is 21.7 Å². The minimum atomic E-state index is -1.75. The zero-order valence-corrected chi connectivity index (χ0v) is 23.7. The molecule has 36 heavy (non-hydrogen) atoms.